The molecule has 1 saturated carbocycles. The van der Waals surface area contributed by atoms with Gasteiger partial charge in [-0.3, -0.25) is 4.79 Å². The van der Waals surface area contributed by atoms with Crippen molar-refractivity contribution in [1.82, 2.24) is 0 Å². The summed E-state index contributed by atoms with van der Waals surface area (Å²) in [5.41, 5.74) is 3.22. The fraction of sp³-hybridized carbons (Fsp3) is 0.850. The van der Waals surface area contributed by atoms with Gasteiger partial charge < -0.3 is 14.6 Å². The lowest BCUT2D eigenvalue weighted by molar-refractivity contribution is -0.209. The first-order valence-electron chi connectivity index (χ1n) is 9.49. The number of ether oxygens (including phenoxy) is 2. The van der Waals surface area contributed by atoms with Crippen molar-refractivity contribution in [3.05, 3.63) is 11.1 Å². The highest BCUT2D eigenvalue weighted by molar-refractivity contribution is 5.77. The average molecular weight is 334 g/mol. The van der Waals surface area contributed by atoms with Gasteiger partial charge in [-0.1, -0.05) is 32.8 Å². The van der Waals surface area contributed by atoms with Crippen molar-refractivity contribution in [3.8, 4) is 0 Å². The van der Waals surface area contributed by atoms with Gasteiger partial charge in [-0.25, -0.2) is 0 Å². The van der Waals surface area contributed by atoms with Crippen LogP contribution < -0.4 is 0 Å². The minimum Gasteiger partial charge on any atom is -0.435 e. The quantitative estimate of drug-likeness (QED) is 0.585. The highest BCUT2D eigenvalue weighted by Gasteiger charge is 2.56. The third-order valence-corrected chi connectivity index (χ3v) is 7.06. The zero-order valence-electron chi connectivity index (χ0n) is 15.3. The normalized spacial score (nSPS) is 47.4. The Labute approximate surface area is 144 Å². The van der Waals surface area contributed by atoms with Crippen molar-refractivity contribution in [2.75, 3.05) is 0 Å². The van der Waals surface area contributed by atoms with Crippen molar-refractivity contribution in [2.45, 2.75) is 78.8 Å². The van der Waals surface area contributed by atoms with Gasteiger partial charge >= 0.3 is 5.97 Å². The molecule has 4 aliphatic rings. The summed E-state index contributed by atoms with van der Waals surface area (Å²) in [4.78, 5) is 12.4. The zero-order chi connectivity index (χ0) is 17.3. The molecule has 134 valence electrons. The third kappa shape index (κ3) is 2.37. The lowest BCUT2D eigenvalue weighted by Crippen LogP contribution is -2.44. The molecule has 1 unspecified atom stereocenters. The van der Waals surface area contributed by atoms with Crippen molar-refractivity contribution < 1.29 is 19.4 Å². The fourth-order valence-corrected chi connectivity index (χ4v) is 6.15. The van der Waals surface area contributed by atoms with E-state index in [2.05, 4.69) is 20.8 Å². The van der Waals surface area contributed by atoms with E-state index >= 15 is 0 Å². The van der Waals surface area contributed by atoms with Gasteiger partial charge in [-0.05, 0) is 55.4 Å². The molecule has 0 aromatic carbocycles. The van der Waals surface area contributed by atoms with E-state index in [1.807, 2.05) is 6.92 Å². The summed E-state index contributed by atoms with van der Waals surface area (Å²) in [7, 11) is 0. The van der Waals surface area contributed by atoms with Gasteiger partial charge in [0.25, 0.3) is 0 Å². The zero-order valence-corrected chi connectivity index (χ0v) is 15.3. The Morgan fingerprint density at radius 3 is 2.67 bits per heavy atom. The van der Waals surface area contributed by atoms with Crippen molar-refractivity contribution >= 4 is 5.97 Å². The van der Waals surface area contributed by atoms with E-state index in [0.29, 0.717) is 5.41 Å². The predicted molar refractivity (Wildman–Crippen MR) is 89.7 cm³/mol. The molecule has 0 radical (unpaired) electrons. The summed E-state index contributed by atoms with van der Waals surface area (Å²) in [6.45, 7) is 9.10. The molecule has 24 heavy (non-hydrogen) atoms. The second kappa shape index (κ2) is 5.31. The molecule has 0 aromatic rings. The van der Waals surface area contributed by atoms with Crippen molar-refractivity contribution in [3.63, 3.8) is 0 Å². The highest BCUT2D eigenvalue weighted by atomic mass is 16.7. The first-order valence-corrected chi connectivity index (χ1v) is 9.49. The molecule has 6 atom stereocenters. The van der Waals surface area contributed by atoms with Crippen LogP contribution in [0.15, 0.2) is 11.1 Å². The number of hydrogen-bond acceptors (Lipinski definition) is 4. The number of hydrogen-bond donors (Lipinski definition) is 1. The van der Waals surface area contributed by atoms with Crippen LogP contribution in [0.3, 0.4) is 0 Å². The van der Waals surface area contributed by atoms with Crippen molar-refractivity contribution in [2.24, 2.45) is 28.6 Å². The largest absolute Gasteiger partial charge is 0.435 e. The summed E-state index contributed by atoms with van der Waals surface area (Å²) < 4.78 is 11.1. The molecule has 4 heteroatoms. The van der Waals surface area contributed by atoms with Crippen LogP contribution in [0.5, 0.6) is 0 Å². The first-order chi connectivity index (χ1) is 11.2. The fourth-order valence-electron chi connectivity index (χ4n) is 6.15. The van der Waals surface area contributed by atoms with Crippen LogP contribution >= 0.6 is 0 Å². The van der Waals surface area contributed by atoms with Crippen LogP contribution in [-0.4, -0.2) is 23.7 Å². The minimum absolute atomic E-state index is 0.0540. The number of rotatable bonds is 1. The molecule has 2 aliphatic heterocycles. The Morgan fingerprint density at radius 1 is 1.21 bits per heavy atom. The van der Waals surface area contributed by atoms with Crippen molar-refractivity contribution in [1.29, 1.82) is 0 Å². The molecule has 0 aromatic heterocycles. The lowest BCUT2D eigenvalue weighted by Gasteiger charge is -2.49. The van der Waals surface area contributed by atoms with Gasteiger partial charge in [-0.15, -0.1) is 0 Å². The molecule has 2 aliphatic carbocycles. The average Bonchev–Trinajstić information content (AvgIpc) is 2.80. The van der Waals surface area contributed by atoms with Gasteiger partial charge in [-0.2, -0.15) is 0 Å². The molecule has 0 bridgehead atoms. The monoisotopic (exact) mass is 334 g/mol. The minimum atomic E-state index is -0.801. The van der Waals surface area contributed by atoms with Crippen LogP contribution in [0.2, 0.25) is 0 Å². The lowest BCUT2D eigenvalue weighted by atomic mass is 9.56. The molecule has 0 amide bonds. The second-order valence-electron chi connectivity index (χ2n) is 9.47. The summed E-state index contributed by atoms with van der Waals surface area (Å²) in [6, 6.07) is 0. The Bertz CT molecular complexity index is 592. The maximum Gasteiger partial charge on any atom is 0.315 e. The Kier molecular flexibility index (Phi) is 3.67. The number of allylic oxidation sites excluding steroid dienone is 1. The standard InChI is InChI=1S/C20H30O4/c1-11-14-13(20(4)9-5-8-19(2,3)10-20)7-6-12-15(14)18(23-16(11)21)24-17(12)22/h11-12,15,17-18,22H,5-10H2,1-4H3/t11-,12-,15-,17-,18?,20+/m1/s1. The van der Waals surface area contributed by atoms with E-state index in [0.717, 1.165) is 12.8 Å². The van der Waals surface area contributed by atoms with E-state index in [4.69, 9.17) is 9.47 Å². The number of carbonyl (C=O) groups is 1. The van der Waals surface area contributed by atoms with Crippen LogP contribution in [0.4, 0.5) is 0 Å². The van der Waals surface area contributed by atoms with E-state index in [1.165, 1.54) is 36.8 Å². The predicted octanol–water partition coefficient (Wildman–Crippen LogP) is 3.78. The SMILES string of the molecule is C[C@H]1C(=O)OC2O[C@@H](O)[C@@H]3CCC([C@@]4(C)CCCC(C)(C)C4)=C1[C@H]23. The maximum absolute atomic E-state index is 12.4. The molecule has 4 rings (SSSR count). The van der Waals surface area contributed by atoms with Gasteiger partial charge in [0.15, 0.2) is 6.29 Å². The van der Waals surface area contributed by atoms with Crippen LogP contribution in [0.25, 0.3) is 0 Å². The van der Waals surface area contributed by atoms with Gasteiger partial charge in [0.1, 0.15) is 0 Å². The van der Waals surface area contributed by atoms with Gasteiger partial charge in [0, 0.05) is 5.92 Å². The summed E-state index contributed by atoms with van der Waals surface area (Å²) in [5.74, 6) is -0.278. The summed E-state index contributed by atoms with van der Waals surface area (Å²) in [6.07, 6.45) is 5.42. The summed E-state index contributed by atoms with van der Waals surface area (Å²) >= 11 is 0. The molecular formula is C20H30O4. The molecule has 2 saturated heterocycles. The molecule has 1 N–H and O–H groups in total. The maximum atomic E-state index is 12.4. The molecule has 4 nitrogen and oxygen atoms in total. The third-order valence-electron chi connectivity index (χ3n) is 7.06. The first kappa shape index (κ1) is 16.6. The van der Waals surface area contributed by atoms with Crippen LogP contribution in [-0.2, 0) is 14.3 Å². The Balaban J connectivity index is 1.80. The molecule has 3 fully saturated rings. The topological polar surface area (TPSA) is 55.8 Å². The number of aliphatic hydroxyl groups excluding tert-OH is 1. The van der Waals surface area contributed by atoms with E-state index in [-0.39, 0.29) is 29.1 Å². The number of carbonyl (C=O) groups excluding carboxylic acids is 1. The Morgan fingerprint density at radius 2 is 1.96 bits per heavy atom. The smallest absolute Gasteiger partial charge is 0.315 e. The second-order valence-corrected chi connectivity index (χ2v) is 9.47. The van der Waals surface area contributed by atoms with Gasteiger partial charge in [0.05, 0.1) is 11.8 Å². The molecule has 0 spiro atoms. The van der Waals surface area contributed by atoms with E-state index < -0.39 is 12.6 Å². The molecule has 2 heterocycles. The van der Waals surface area contributed by atoms with Crippen LogP contribution in [0, 0.1) is 28.6 Å². The van der Waals surface area contributed by atoms with Gasteiger partial charge in [0.2, 0.25) is 6.29 Å². The van der Waals surface area contributed by atoms with Crippen LogP contribution in [0.1, 0.15) is 66.2 Å². The Hall–Kier alpha value is -0.870. The summed E-state index contributed by atoms with van der Waals surface area (Å²) in [5, 5.41) is 10.3. The van der Waals surface area contributed by atoms with E-state index in [9.17, 15) is 9.90 Å². The number of esters is 1. The number of aliphatic hydroxyl groups is 1. The molecular weight excluding hydrogens is 304 g/mol. The highest BCUT2D eigenvalue weighted by Crippen LogP contribution is 2.58. The van der Waals surface area contributed by atoms with E-state index in [1.54, 1.807) is 0 Å².